The molecule has 1 aliphatic heterocycles. The molecule has 94 valence electrons. The molecule has 1 rings (SSSR count). The lowest BCUT2D eigenvalue weighted by Crippen LogP contribution is -2.55. The van der Waals surface area contributed by atoms with Gasteiger partial charge < -0.3 is 15.4 Å². The number of nitrogens with two attached hydrogens (primary N) is 1. The lowest BCUT2D eigenvalue weighted by molar-refractivity contribution is -0.135. The Morgan fingerprint density at radius 3 is 2.31 bits per heavy atom. The van der Waals surface area contributed by atoms with Crippen molar-refractivity contribution in [1.29, 1.82) is 0 Å². The Balaban J connectivity index is 2.38. The average molecular weight is 229 g/mol. The van der Waals surface area contributed by atoms with E-state index in [-0.39, 0.29) is 5.91 Å². The van der Waals surface area contributed by atoms with Gasteiger partial charge in [0.2, 0.25) is 5.91 Å². The van der Waals surface area contributed by atoms with Crippen LogP contribution in [0.2, 0.25) is 0 Å². The fourth-order valence-electron chi connectivity index (χ4n) is 1.94. The van der Waals surface area contributed by atoms with Gasteiger partial charge in [0, 0.05) is 39.3 Å². The molecule has 5 heteroatoms. The molecule has 0 radical (unpaired) electrons. The van der Waals surface area contributed by atoms with Crippen LogP contribution < -0.4 is 5.73 Å². The van der Waals surface area contributed by atoms with Crippen molar-refractivity contribution in [2.24, 2.45) is 5.73 Å². The van der Waals surface area contributed by atoms with E-state index in [9.17, 15) is 4.79 Å². The van der Waals surface area contributed by atoms with Gasteiger partial charge in [-0.25, -0.2) is 0 Å². The van der Waals surface area contributed by atoms with Crippen LogP contribution in [0, 0.1) is 0 Å². The molecule has 1 heterocycles. The minimum Gasteiger partial charge on any atom is -0.383 e. The molecule has 0 aromatic carbocycles. The van der Waals surface area contributed by atoms with Gasteiger partial charge in [0.05, 0.1) is 6.61 Å². The molecule has 2 N–H and O–H groups in total. The zero-order chi connectivity index (χ0) is 12.1. The second kappa shape index (κ2) is 6.18. The number of ether oxygens (including phenoxy) is 1. The summed E-state index contributed by atoms with van der Waals surface area (Å²) in [6.07, 6.45) is 0. The molecule has 1 atom stereocenters. The summed E-state index contributed by atoms with van der Waals surface area (Å²) in [5, 5.41) is 0. The van der Waals surface area contributed by atoms with Gasteiger partial charge in [-0.1, -0.05) is 0 Å². The van der Waals surface area contributed by atoms with Crippen molar-refractivity contribution < 1.29 is 9.53 Å². The summed E-state index contributed by atoms with van der Waals surface area (Å²) in [5.74, 6) is 0.00487. The number of amides is 1. The maximum atomic E-state index is 11.9. The van der Waals surface area contributed by atoms with Crippen LogP contribution in [0.4, 0.5) is 0 Å². The zero-order valence-electron chi connectivity index (χ0n) is 10.5. The van der Waals surface area contributed by atoms with Crippen molar-refractivity contribution >= 4 is 5.91 Å². The molecule has 0 aliphatic carbocycles. The van der Waals surface area contributed by atoms with E-state index in [1.165, 1.54) is 0 Å². The first kappa shape index (κ1) is 13.4. The lowest BCUT2D eigenvalue weighted by Gasteiger charge is -2.37. The summed E-state index contributed by atoms with van der Waals surface area (Å²) in [4.78, 5) is 16.1. The van der Waals surface area contributed by atoms with Crippen molar-refractivity contribution in [2.75, 3.05) is 39.9 Å². The maximum absolute atomic E-state index is 11.9. The first-order chi connectivity index (χ1) is 7.56. The normalized spacial score (nSPS) is 20.2. The minimum absolute atomic E-state index is 0.00487. The van der Waals surface area contributed by atoms with Crippen LogP contribution in [0.1, 0.15) is 13.8 Å². The molecular formula is C11H23N3O2. The molecule has 1 amide bonds. The molecule has 1 saturated heterocycles. The third-order valence-corrected chi connectivity index (χ3v) is 3.02. The van der Waals surface area contributed by atoms with Gasteiger partial charge in [0.25, 0.3) is 0 Å². The molecule has 1 aliphatic rings. The summed E-state index contributed by atoms with van der Waals surface area (Å²) >= 11 is 0. The zero-order valence-corrected chi connectivity index (χ0v) is 10.5. The topological polar surface area (TPSA) is 58.8 Å². The number of piperazine rings is 1. The molecule has 0 aromatic heterocycles. The Labute approximate surface area is 97.5 Å². The van der Waals surface area contributed by atoms with Crippen molar-refractivity contribution in [3.05, 3.63) is 0 Å². The van der Waals surface area contributed by atoms with E-state index in [1.54, 1.807) is 7.11 Å². The van der Waals surface area contributed by atoms with E-state index < -0.39 is 6.04 Å². The summed E-state index contributed by atoms with van der Waals surface area (Å²) in [5.41, 5.74) is 5.72. The van der Waals surface area contributed by atoms with E-state index in [0.717, 1.165) is 26.2 Å². The minimum atomic E-state index is -0.518. The predicted molar refractivity (Wildman–Crippen MR) is 63.1 cm³/mol. The molecule has 0 aromatic rings. The van der Waals surface area contributed by atoms with Crippen LogP contribution in [-0.2, 0) is 9.53 Å². The molecule has 1 unspecified atom stereocenters. The van der Waals surface area contributed by atoms with E-state index in [1.807, 2.05) is 4.90 Å². The van der Waals surface area contributed by atoms with Gasteiger partial charge in [-0.3, -0.25) is 9.69 Å². The van der Waals surface area contributed by atoms with Gasteiger partial charge in [0.15, 0.2) is 0 Å². The first-order valence-corrected chi connectivity index (χ1v) is 5.83. The largest absolute Gasteiger partial charge is 0.383 e. The highest BCUT2D eigenvalue weighted by Crippen LogP contribution is 2.06. The SMILES string of the molecule is COCC(N)C(=O)N1CCN(C(C)C)CC1. The van der Waals surface area contributed by atoms with Crippen LogP contribution in [0.15, 0.2) is 0 Å². The summed E-state index contributed by atoms with van der Waals surface area (Å²) in [6.45, 7) is 8.06. The first-order valence-electron chi connectivity index (χ1n) is 5.83. The van der Waals surface area contributed by atoms with Gasteiger partial charge in [-0.05, 0) is 13.8 Å². The van der Waals surface area contributed by atoms with E-state index in [2.05, 4.69) is 18.7 Å². The molecule has 0 saturated carbocycles. The van der Waals surface area contributed by atoms with Crippen molar-refractivity contribution in [3.63, 3.8) is 0 Å². The average Bonchev–Trinajstić information content (AvgIpc) is 2.28. The number of carbonyl (C=O) groups excluding carboxylic acids is 1. The highest BCUT2D eigenvalue weighted by molar-refractivity contribution is 5.81. The van der Waals surface area contributed by atoms with Crippen molar-refractivity contribution in [2.45, 2.75) is 25.9 Å². The van der Waals surface area contributed by atoms with Gasteiger partial charge >= 0.3 is 0 Å². The molecule has 16 heavy (non-hydrogen) atoms. The molecule has 0 bridgehead atoms. The lowest BCUT2D eigenvalue weighted by atomic mass is 10.2. The van der Waals surface area contributed by atoms with Crippen LogP contribution in [0.25, 0.3) is 0 Å². The Hall–Kier alpha value is -0.650. The Bertz CT molecular complexity index is 225. The number of hydrogen-bond acceptors (Lipinski definition) is 4. The van der Waals surface area contributed by atoms with Crippen molar-refractivity contribution in [3.8, 4) is 0 Å². The maximum Gasteiger partial charge on any atom is 0.241 e. The standard InChI is InChI=1S/C11H23N3O2/c1-9(2)13-4-6-14(7-5-13)11(15)10(12)8-16-3/h9-10H,4-8,12H2,1-3H3. The number of methoxy groups -OCH3 is 1. The monoisotopic (exact) mass is 229 g/mol. The second-order valence-electron chi connectivity index (χ2n) is 4.52. The number of rotatable bonds is 4. The van der Waals surface area contributed by atoms with E-state index in [4.69, 9.17) is 10.5 Å². The van der Waals surface area contributed by atoms with Gasteiger partial charge in [-0.15, -0.1) is 0 Å². The fourth-order valence-corrected chi connectivity index (χ4v) is 1.94. The highest BCUT2D eigenvalue weighted by Gasteiger charge is 2.25. The van der Waals surface area contributed by atoms with Crippen LogP contribution in [0.3, 0.4) is 0 Å². The smallest absolute Gasteiger partial charge is 0.241 e. The highest BCUT2D eigenvalue weighted by atomic mass is 16.5. The quantitative estimate of drug-likeness (QED) is 0.707. The Morgan fingerprint density at radius 2 is 1.88 bits per heavy atom. The molecule has 1 fully saturated rings. The number of hydrogen-bond donors (Lipinski definition) is 1. The Morgan fingerprint density at radius 1 is 1.31 bits per heavy atom. The van der Waals surface area contributed by atoms with Gasteiger partial charge in [-0.2, -0.15) is 0 Å². The number of carbonyl (C=O) groups is 1. The summed E-state index contributed by atoms with van der Waals surface area (Å²) < 4.78 is 4.89. The predicted octanol–water partition coefficient (Wildman–Crippen LogP) is -0.487. The van der Waals surface area contributed by atoms with Gasteiger partial charge in [0.1, 0.15) is 6.04 Å². The third-order valence-electron chi connectivity index (χ3n) is 3.02. The molecule has 5 nitrogen and oxygen atoms in total. The van der Waals surface area contributed by atoms with Crippen molar-refractivity contribution in [1.82, 2.24) is 9.80 Å². The third kappa shape index (κ3) is 3.43. The van der Waals surface area contributed by atoms with E-state index >= 15 is 0 Å². The summed E-state index contributed by atoms with van der Waals surface area (Å²) in [7, 11) is 1.56. The van der Waals surface area contributed by atoms with Crippen LogP contribution in [0.5, 0.6) is 0 Å². The molecule has 0 spiro atoms. The fraction of sp³-hybridized carbons (Fsp3) is 0.909. The van der Waals surface area contributed by atoms with E-state index in [0.29, 0.717) is 12.6 Å². The Kier molecular flexibility index (Phi) is 5.18. The second-order valence-corrected chi connectivity index (χ2v) is 4.52. The summed E-state index contributed by atoms with van der Waals surface area (Å²) in [6, 6.07) is 0.0282. The van der Waals surface area contributed by atoms with Crippen LogP contribution in [-0.4, -0.2) is 67.7 Å². The van der Waals surface area contributed by atoms with Crippen LogP contribution >= 0.6 is 0 Å². The molecular weight excluding hydrogens is 206 g/mol. The number of nitrogens with zero attached hydrogens (tertiary/aromatic N) is 2.